The Morgan fingerprint density at radius 1 is 1.48 bits per heavy atom. The largest absolute Gasteiger partial charge is 0.344 e. The second-order valence-electron chi connectivity index (χ2n) is 5.27. The van der Waals surface area contributed by atoms with Crippen LogP contribution in [0, 0.1) is 11.7 Å². The number of carbonyl (C=O) groups is 2. The normalized spacial score (nSPS) is 21.0. The number of amides is 2. The minimum absolute atomic E-state index is 0.00253. The van der Waals surface area contributed by atoms with Crippen LogP contribution in [0.2, 0.25) is 0 Å². The lowest BCUT2D eigenvalue weighted by molar-refractivity contribution is -0.126. The maximum atomic E-state index is 14.0. The second-order valence-corrected chi connectivity index (χ2v) is 6.18. The molecule has 21 heavy (non-hydrogen) atoms. The highest BCUT2D eigenvalue weighted by molar-refractivity contribution is 9.10. The van der Waals surface area contributed by atoms with Gasteiger partial charge in [-0.15, -0.1) is 0 Å². The molecule has 2 amide bonds. The number of nitrogens with zero attached hydrogens (tertiary/aromatic N) is 1. The standard InChI is InChI=1S/C15H18BrFN2O2/c1-3-9(2)14-15(21)19(7-6-13(20)18-14)12-8-10(16)4-5-11(12)17/h4-5,8-9,14H,3,6-7H2,1-2H3,(H,18,20). The Hall–Kier alpha value is -1.43. The average molecular weight is 357 g/mol. The van der Waals surface area contributed by atoms with Crippen molar-refractivity contribution in [2.45, 2.75) is 32.7 Å². The molecule has 1 N–H and O–H groups in total. The maximum absolute atomic E-state index is 14.0. The molecule has 2 rings (SSSR count). The van der Waals surface area contributed by atoms with Crippen LogP contribution in [0.15, 0.2) is 22.7 Å². The first-order valence-electron chi connectivity index (χ1n) is 6.99. The van der Waals surface area contributed by atoms with Gasteiger partial charge in [0.1, 0.15) is 11.9 Å². The third-order valence-corrected chi connectivity index (χ3v) is 4.32. The molecular weight excluding hydrogens is 339 g/mol. The summed E-state index contributed by atoms with van der Waals surface area (Å²) in [5.74, 6) is -0.903. The second kappa shape index (κ2) is 6.56. The Morgan fingerprint density at radius 2 is 2.19 bits per heavy atom. The topological polar surface area (TPSA) is 49.4 Å². The molecule has 114 valence electrons. The van der Waals surface area contributed by atoms with Gasteiger partial charge in [-0.3, -0.25) is 9.59 Å². The van der Waals surface area contributed by atoms with Crippen LogP contribution in [0.25, 0.3) is 0 Å². The monoisotopic (exact) mass is 356 g/mol. The van der Waals surface area contributed by atoms with Gasteiger partial charge in [0.15, 0.2) is 0 Å². The van der Waals surface area contributed by atoms with Crippen molar-refractivity contribution >= 4 is 33.4 Å². The van der Waals surface area contributed by atoms with E-state index in [9.17, 15) is 14.0 Å². The number of benzene rings is 1. The predicted molar refractivity (Wildman–Crippen MR) is 82.5 cm³/mol. The van der Waals surface area contributed by atoms with Gasteiger partial charge in [0.2, 0.25) is 11.8 Å². The van der Waals surface area contributed by atoms with Crippen LogP contribution < -0.4 is 10.2 Å². The van der Waals surface area contributed by atoms with Crippen LogP contribution in [-0.4, -0.2) is 24.4 Å². The van der Waals surface area contributed by atoms with Crippen LogP contribution in [0.5, 0.6) is 0 Å². The first-order valence-corrected chi connectivity index (χ1v) is 7.79. The molecule has 1 aliphatic rings. The van der Waals surface area contributed by atoms with Gasteiger partial charge < -0.3 is 10.2 Å². The number of halogens is 2. The summed E-state index contributed by atoms with van der Waals surface area (Å²) in [6.45, 7) is 4.05. The Bertz CT molecular complexity index is 565. The highest BCUT2D eigenvalue weighted by Crippen LogP contribution is 2.27. The molecule has 4 nitrogen and oxygen atoms in total. The van der Waals surface area contributed by atoms with E-state index in [-0.39, 0.29) is 36.4 Å². The van der Waals surface area contributed by atoms with Crippen molar-refractivity contribution in [3.8, 4) is 0 Å². The summed E-state index contributed by atoms with van der Waals surface area (Å²) in [7, 11) is 0. The van der Waals surface area contributed by atoms with E-state index in [4.69, 9.17) is 0 Å². The molecule has 0 saturated carbocycles. The fourth-order valence-corrected chi connectivity index (χ4v) is 2.70. The molecular formula is C15H18BrFN2O2. The molecule has 0 radical (unpaired) electrons. The molecule has 1 aromatic carbocycles. The van der Waals surface area contributed by atoms with Gasteiger partial charge in [-0.05, 0) is 24.1 Å². The molecule has 2 unspecified atom stereocenters. The molecule has 0 spiro atoms. The van der Waals surface area contributed by atoms with Crippen LogP contribution in [0.3, 0.4) is 0 Å². The highest BCUT2D eigenvalue weighted by Gasteiger charge is 2.34. The van der Waals surface area contributed by atoms with Gasteiger partial charge in [0, 0.05) is 17.4 Å². The molecule has 0 aliphatic carbocycles. The molecule has 0 aromatic heterocycles. The summed E-state index contributed by atoms with van der Waals surface area (Å²) in [6.07, 6.45) is 0.927. The Kier molecular flexibility index (Phi) is 4.98. The smallest absolute Gasteiger partial charge is 0.249 e. The lowest BCUT2D eigenvalue weighted by atomic mass is 9.98. The van der Waals surface area contributed by atoms with E-state index in [2.05, 4.69) is 21.2 Å². The van der Waals surface area contributed by atoms with Crippen LogP contribution in [-0.2, 0) is 9.59 Å². The Morgan fingerprint density at radius 3 is 2.86 bits per heavy atom. The van der Waals surface area contributed by atoms with Gasteiger partial charge in [-0.1, -0.05) is 36.2 Å². The minimum Gasteiger partial charge on any atom is -0.344 e. The van der Waals surface area contributed by atoms with Crippen molar-refractivity contribution < 1.29 is 14.0 Å². The third-order valence-electron chi connectivity index (χ3n) is 3.82. The molecule has 6 heteroatoms. The molecule has 1 saturated heterocycles. The molecule has 2 atom stereocenters. The summed E-state index contributed by atoms with van der Waals surface area (Å²) in [6, 6.07) is 3.85. The molecule has 1 heterocycles. The minimum atomic E-state index is -0.608. The first kappa shape index (κ1) is 15.9. The molecule has 1 aromatic rings. The fourth-order valence-electron chi connectivity index (χ4n) is 2.35. The SMILES string of the molecule is CCC(C)C1NC(=O)CCN(c2cc(Br)ccc2F)C1=O. The van der Waals surface area contributed by atoms with Crippen LogP contribution >= 0.6 is 15.9 Å². The summed E-state index contributed by atoms with van der Waals surface area (Å²) in [5, 5.41) is 2.75. The maximum Gasteiger partial charge on any atom is 0.249 e. The van der Waals surface area contributed by atoms with Crippen molar-refractivity contribution in [2.75, 3.05) is 11.4 Å². The van der Waals surface area contributed by atoms with Gasteiger partial charge in [0.25, 0.3) is 0 Å². The quantitative estimate of drug-likeness (QED) is 0.905. The summed E-state index contributed by atoms with van der Waals surface area (Å²) >= 11 is 3.28. The highest BCUT2D eigenvalue weighted by atomic mass is 79.9. The number of anilines is 1. The molecule has 1 fully saturated rings. The van der Waals surface area contributed by atoms with Crippen LogP contribution in [0.1, 0.15) is 26.7 Å². The molecule has 0 bridgehead atoms. The Balaban J connectivity index is 2.39. The van der Waals surface area contributed by atoms with Crippen molar-refractivity contribution in [1.29, 1.82) is 0 Å². The van der Waals surface area contributed by atoms with Gasteiger partial charge in [-0.2, -0.15) is 0 Å². The average Bonchev–Trinajstić information content (AvgIpc) is 2.60. The van der Waals surface area contributed by atoms with E-state index in [1.54, 1.807) is 12.1 Å². The van der Waals surface area contributed by atoms with Crippen LogP contribution in [0.4, 0.5) is 10.1 Å². The number of nitrogens with one attached hydrogen (secondary N) is 1. The number of hydrogen-bond donors (Lipinski definition) is 1. The third kappa shape index (κ3) is 3.43. The van der Waals surface area contributed by atoms with E-state index >= 15 is 0 Å². The van der Waals surface area contributed by atoms with E-state index in [0.29, 0.717) is 4.47 Å². The summed E-state index contributed by atoms with van der Waals surface area (Å²) in [5.41, 5.74) is 0.208. The lowest BCUT2D eigenvalue weighted by Gasteiger charge is -2.27. The number of carbonyl (C=O) groups excluding carboxylic acids is 2. The van der Waals surface area contributed by atoms with Crippen molar-refractivity contribution in [3.63, 3.8) is 0 Å². The zero-order valence-corrected chi connectivity index (χ0v) is 13.6. The van der Waals surface area contributed by atoms with Gasteiger partial charge in [-0.25, -0.2) is 4.39 Å². The lowest BCUT2D eigenvalue weighted by Crippen LogP contribution is -2.48. The molecule has 1 aliphatic heterocycles. The first-order chi connectivity index (χ1) is 9.93. The van der Waals surface area contributed by atoms with Gasteiger partial charge >= 0.3 is 0 Å². The zero-order valence-electron chi connectivity index (χ0n) is 12.0. The van der Waals surface area contributed by atoms with E-state index in [0.717, 1.165) is 6.42 Å². The Labute approximate surface area is 131 Å². The van der Waals surface area contributed by atoms with E-state index < -0.39 is 11.9 Å². The summed E-state index contributed by atoms with van der Waals surface area (Å²) < 4.78 is 14.7. The van der Waals surface area contributed by atoms with E-state index in [1.807, 2.05) is 13.8 Å². The van der Waals surface area contributed by atoms with Crippen molar-refractivity contribution in [2.24, 2.45) is 5.92 Å². The number of rotatable bonds is 3. The summed E-state index contributed by atoms with van der Waals surface area (Å²) in [4.78, 5) is 25.8. The number of hydrogen-bond acceptors (Lipinski definition) is 2. The van der Waals surface area contributed by atoms with Crippen molar-refractivity contribution in [3.05, 3.63) is 28.5 Å². The predicted octanol–water partition coefficient (Wildman–Crippen LogP) is 2.86. The fraction of sp³-hybridized carbons (Fsp3) is 0.467. The van der Waals surface area contributed by atoms with Crippen molar-refractivity contribution in [1.82, 2.24) is 5.32 Å². The van der Waals surface area contributed by atoms with Gasteiger partial charge in [0.05, 0.1) is 5.69 Å². The zero-order chi connectivity index (χ0) is 15.6. The van der Waals surface area contributed by atoms with E-state index in [1.165, 1.54) is 11.0 Å².